The molecule has 1 aromatic carbocycles. The highest BCUT2D eigenvalue weighted by Gasteiger charge is 2.19. The van der Waals surface area contributed by atoms with Gasteiger partial charge in [-0.25, -0.2) is 0 Å². The highest BCUT2D eigenvalue weighted by Crippen LogP contribution is 2.26. The van der Waals surface area contributed by atoms with E-state index in [1.54, 1.807) is 19.3 Å². The number of ketones is 1. The van der Waals surface area contributed by atoms with Crippen molar-refractivity contribution in [3.05, 3.63) is 54.0 Å². The zero-order chi connectivity index (χ0) is 19.2. The molecule has 0 aliphatic heterocycles. The van der Waals surface area contributed by atoms with E-state index >= 15 is 0 Å². The first-order valence-electron chi connectivity index (χ1n) is 8.37. The van der Waals surface area contributed by atoms with Gasteiger partial charge in [-0.15, -0.1) is 10.2 Å². The van der Waals surface area contributed by atoms with Crippen LogP contribution in [0.2, 0.25) is 0 Å². The summed E-state index contributed by atoms with van der Waals surface area (Å²) in [4.78, 5) is 24.1. The van der Waals surface area contributed by atoms with Crippen molar-refractivity contribution in [1.82, 2.24) is 15.5 Å². The highest BCUT2D eigenvalue weighted by atomic mass is 32.2. The fourth-order valence-electron chi connectivity index (χ4n) is 2.49. The van der Waals surface area contributed by atoms with Crippen molar-refractivity contribution < 1.29 is 18.4 Å². The van der Waals surface area contributed by atoms with E-state index in [1.807, 2.05) is 30.3 Å². The first kappa shape index (κ1) is 18.9. The van der Waals surface area contributed by atoms with E-state index in [-0.39, 0.29) is 22.7 Å². The maximum absolute atomic E-state index is 12.2. The third kappa shape index (κ3) is 5.07. The molecule has 0 bridgehead atoms. The summed E-state index contributed by atoms with van der Waals surface area (Å²) < 4.78 is 10.8. The monoisotopic (exact) mass is 385 g/mol. The van der Waals surface area contributed by atoms with E-state index in [9.17, 15) is 9.59 Å². The van der Waals surface area contributed by atoms with Gasteiger partial charge in [0.1, 0.15) is 5.76 Å². The second kappa shape index (κ2) is 8.68. The smallest absolute Gasteiger partial charge is 0.277 e. The lowest BCUT2D eigenvalue weighted by Gasteiger charge is -2.15. The number of thioether (sulfide) groups is 1. The molecular formula is C19H19N3O4S. The fourth-order valence-corrected chi connectivity index (χ4v) is 3.07. The number of rotatable bonds is 8. The summed E-state index contributed by atoms with van der Waals surface area (Å²) >= 11 is 1.12. The Morgan fingerprint density at radius 3 is 2.63 bits per heavy atom. The quantitative estimate of drug-likeness (QED) is 0.595. The Hall–Kier alpha value is -2.87. The summed E-state index contributed by atoms with van der Waals surface area (Å²) in [6, 6.07) is 10.7. The SMILES string of the molecule is CC(=O)C(Cc1ccccc1)NC(=O)CSc1nnc(-c2ccoc2C)o1. The maximum Gasteiger partial charge on any atom is 0.277 e. The molecule has 27 heavy (non-hydrogen) atoms. The summed E-state index contributed by atoms with van der Waals surface area (Å²) in [7, 11) is 0. The van der Waals surface area contributed by atoms with Crippen LogP contribution < -0.4 is 5.32 Å². The molecule has 0 spiro atoms. The van der Waals surface area contributed by atoms with Crippen molar-refractivity contribution in [3.63, 3.8) is 0 Å². The Labute approximate surface area is 160 Å². The Balaban J connectivity index is 1.55. The van der Waals surface area contributed by atoms with Gasteiger partial charge in [0, 0.05) is 0 Å². The predicted octanol–water partition coefficient (Wildman–Crippen LogP) is 3.05. The number of amides is 1. The molecule has 0 fully saturated rings. The van der Waals surface area contributed by atoms with Crippen LogP contribution in [0.25, 0.3) is 11.5 Å². The number of aryl methyl sites for hydroxylation is 1. The van der Waals surface area contributed by atoms with E-state index < -0.39 is 6.04 Å². The summed E-state index contributed by atoms with van der Waals surface area (Å²) in [5.41, 5.74) is 1.71. The summed E-state index contributed by atoms with van der Waals surface area (Å²) in [5, 5.41) is 10.9. The normalized spacial score (nSPS) is 11.9. The van der Waals surface area contributed by atoms with Gasteiger partial charge in [0.25, 0.3) is 11.1 Å². The number of aromatic nitrogens is 2. The lowest BCUT2D eigenvalue weighted by Crippen LogP contribution is -2.42. The van der Waals surface area contributed by atoms with E-state index in [0.29, 0.717) is 18.1 Å². The van der Waals surface area contributed by atoms with Gasteiger partial charge in [-0.2, -0.15) is 0 Å². The Kier molecular flexibility index (Phi) is 6.08. The van der Waals surface area contributed by atoms with E-state index in [4.69, 9.17) is 8.83 Å². The van der Waals surface area contributed by atoms with Crippen LogP contribution in [0.1, 0.15) is 18.2 Å². The molecule has 0 aliphatic rings. The molecular weight excluding hydrogens is 366 g/mol. The van der Waals surface area contributed by atoms with Crippen LogP contribution in [-0.2, 0) is 16.0 Å². The summed E-state index contributed by atoms with van der Waals surface area (Å²) in [6.45, 7) is 3.27. The van der Waals surface area contributed by atoms with Gasteiger partial charge >= 0.3 is 0 Å². The van der Waals surface area contributed by atoms with Crippen molar-refractivity contribution in [2.75, 3.05) is 5.75 Å². The first-order valence-corrected chi connectivity index (χ1v) is 9.36. The number of carbonyl (C=O) groups is 2. The molecule has 7 nitrogen and oxygen atoms in total. The zero-order valence-corrected chi connectivity index (χ0v) is 15.8. The zero-order valence-electron chi connectivity index (χ0n) is 15.0. The molecule has 3 rings (SSSR count). The fraction of sp³-hybridized carbons (Fsp3) is 0.263. The second-order valence-corrected chi connectivity index (χ2v) is 6.90. The molecule has 3 aromatic rings. The second-order valence-electron chi connectivity index (χ2n) is 5.97. The van der Waals surface area contributed by atoms with E-state index in [2.05, 4.69) is 15.5 Å². The van der Waals surface area contributed by atoms with E-state index in [1.165, 1.54) is 6.92 Å². The third-order valence-electron chi connectivity index (χ3n) is 3.93. The van der Waals surface area contributed by atoms with Gasteiger partial charge in [0.05, 0.1) is 23.6 Å². The number of furan rings is 1. The molecule has 1 amide bonds. The van der Waals surface area contributed by atoms with Gasteiger partial charge in [0.15, 0.2) is 5.78 Å². The third-order valence-corrected chi connectivity index (χ3v) is 4.75. The van der Waals surface area contributed by atoms with Crippen molar-refractivity contribution >= 4 is 23.5 Å². The number of hydrogen-bond acceptors (Lipinski definition) is 7. The molecule has 1 atom stereocenters. The molecule has 2 heterocycles. The van der Waals surface area contributed by atoms with Crippen LogP contribution >= 0.6 is 11.8 Å². The van der Waals surface area contributed by atoms with Crippen molar-refractivity contribution in [3.8, 4) is 11.5 Å². The Morgan fingerprint density at radius 1 is 1.19 bits per heavy atom. The van der Waals surface area contributed by atoms with Gasteiger partial charge in [-0.05, 0) is 31.9 Å². The number of Topliss-reactive ketones (excluding diaryl/α,β-unsaturated/α-hetero) is 1. The van der Waals surface area contributed by atoms with Crippen LogP contribution in [-0.4, -0.2) is 33.7 Å². The molecule has 0 radical (unpaired) electrons. The van der Waals surface area contributed by atoms with Gasteiger partial charge in [-0.3, -0.25) is 9.59 Å². The Morgan fingerprint density at radius 2 is 1.96 bits per heavy atom. The minimum atomic E-state index is -0.563. The number of hydrogen-bond donors (Lipinski definition) is 1. The van der Waals surface area contributed by atoms with Gasteiger partial charge in [-0.1, -0.05) is 42.1 Å². The highest BCUT2D eigenvalue weighted by molar-refractivity contribution is 7.99. The Bertz CT molecular complexity index is 920. The topological polar surface area (TPSA) is 98.2 Å². The number of nitrogens with one attached hydrogen (secondary N) is 1. The molecule has 1 N–H and O–H groups in total. The van der Waals surface area contributed by atoms with Crippen LogP contribution in [0.15, 0.2) is 56.7 Å². The number of carbonyl (C=O) groups excluding carboxylic acids is 2. The molecule has 0 saturated carbocycles. The molecule has 0 aliphatic carbocycles. The van der Waals surface area contributed by atoms with Crippen molar-refractivity contribution in [2.45, 2.75) is 31.5 Å². The molecule has 140 valence electrons. The summed E-state index contributed by atoms with van der Waals surface area (Å²) in [5.74, 6) is 0.737. The standard InChI is InChI=1S/C19H19N3O4S/c1-12(23)16(10-14-6-4-3-5-7-14)20-17(24)11-27-19-22-21-18(26-19)15-8-9-25-13(15)2/h3-9,16H,10-11H2,1-2H3,(H,20,24). The molecule has 1 unspecified atom stereocenters. The first-order chi connectivity index (χ1) is 13.0. The van der Waals surface area contributed by atoms with Crippen LogP contribution in [0.4, 0.5) is 0 Å². The molecule has 8 heteroatoms. The summed E-state index contributed by atoms with van der Waals surface area (Å²) in [6.07, 6.45) is 2.00. The lowest BCUT2D eigenvalue weighted by atomic mass is 10.0. The average Bonchev–Trinajstić information content (AvgIpc) is 3.28. The molecule has 2 aromatic heterocycles. The minimum absolute atomic E-state index is 0.0740. The van der Waals surface area contributed by atoms with Crippen LogP contribution in [0, 0.1) is 6.92 Å². The van der Waals surface area contributed by atoms with Crippen molar-refractivity contribution in [1.29, 1.82) is 0 Å². The maximum atomic E-state index is 12.2. The predicted molar refractivity (Wildman–Crippen MR) is 100 cm³/mol. The minimum Gasteiger partial charge on any atom is -0.469 e. The number of benzene rings is 1. The van der Waals surface area contributed by atoms with E-state index in [0.717, 1.165) is 22.9 Å². The van der Waals surface area contributed by atoms with Gasteiger partial charge < -0.3 is 14.2 Å². The number of nitrogens with zero attached hydrogens (tertiary/aromatic N) is 2. The molecule has 0 saturated heterocycles. The average molecular weight is 385 g/mol. The van der Waals surface area contributed by atoms with Crippen molar-refractivity contribution in [2.24, 2.45) is 0 Å². The van der Waals surface area contributed by atoms with Gasteiger partial charge in [0.2, 0.25) is 5.91 Å². The van der Waals surface area contributed by atoms with Crippen LogP contribution in [0.3, 0.4) is 0 Å². The lowest BCUT2D eigenvalue weighted by molar-refractivity contribution is -0.125. The largest absolute Gasteiger partial charge is 0.469 e. The van der Waals surface area contributed by atoms with Crippen LogP contribution in [0.5, 0.6) is 0 Å².